The Hall–Kier alpha value is -3.60. The number of hydrogen-bond acceptors (Lipinski definition) is 4. The molecule has 1 fully saturated rings. The molecule has 4 aromatic rings. The van der Waals surface area contributed by atoms with Crippen LogP contribution in [-0.2, 0) is 0 Å². The Kier molecular flexibility index (Phi) is 5.86. The third-order valence-electron chi connectivity index (χ3n) is 6.62. The first-order valence-corrected chi connectivity index (χ1v) is 11.7. The van der Waals surface area contributed by atoms with E-state index in [1.54, 1.807) is 0 Å². The van der Waals surface area contributed by atoms with Crippen LogP contribution in [0.1, 0.15) is 36.0 Å². The number of hydrogen-bond donors (Lipinski definition) is 2. The van der Waals surface area contributed by atoms with Gasteiger partial charge in [-0.2, -0.15) is 0 Å². The number of amides is 1. The van der Waals surface area contributed by atoms with Gasteiger partial charge in [-0.3, -0.25) is 4.79 Å². The van der Waals surface area contributed by atoms with Crippen LogP contribution in [-0.4, -0.2) is 37.1 Å². The van der Waals surface area contributed by atoms with E-state index in [4.69, 9.17) is 4.98 Å². The molecule has 1 aliphatic rings. The summed E-state index contributed by atoms with van der Waals surface area (Å²) in [5, 5.41) is 10.2. The van der Waals surface area contributed by atoms with E-state index in [9.17, 15) is 4.79 Å². The number of fused-ring (bicyclic) bond motifs is 2. The number of para-hydroxylation sites is 1. The summed E-state index contributed by atoms with van der Waals surface area (Å²) >= 11 is 0. The van der Waals surface area contributed by atoms with E-state index in [-0.39, 0.29) is 11.9 Å². The first kappa shape index (κ1) is 21.3. The molecule has 1 aromatic heterocycles. The highest BCUT2D eigenvalue weighted by Gasteiger charge is 2.24. The second-order valence-corrected chi connectivity index (χ2v) is 9.13. The van der Waals surface area contributed by atoms with E-state index >= 15 is 0 Å². The lowest BCUT2D eigenvalue weighted by Crippen LogP contribution is -2.40. The van der Waals surface area contributed by atoms with Crippen LogP contribution in [0.2, 0.25) is 0 Å². The summed E-state index contributed by atoms with van der Waals surface area (Å²) in [6, 6.07) is 24.9. The van der Waals surface area contributed by atoms with Gasteiger partial charge in [-0.15, -0.1) is 0 Å². The maximum Gasteiger partial charge on any atom is 0.252 e. The van der Waals surface area contributed by atoms with Crippen molar-refractivity contribution >= 4 is 39.1 Å². The van der Waals surface area contributed by atoms with E-state index in [1.165, 1.54) is 5.69 Å². The van der Waals surface area contributed by atoms with E-state index in [1.807, 2.05) is 48.5 Å². The maximum atomic E-state index is 13.0. The lowest BCUT2D eigenvalue weighted by atomic mass is 9.90. The summed E-state index contributed by atoms with van der Waals surface area (Å²) in [5.41, 5.74) is 2.92. The Morgan fingerprint density at radius 3 is 2.30 bits per heavy atom. The third kappa shape index (κ3) is 4.49. The van der Waals surface area contributed by atoms with E-state index in [0.717, 1.165) is 58.7 Å². The molecule has 0 saturated heterocycles. The molecule has 2 N–H and O–H groups in total. The number of anilines is 2. The third-order valence-corrected chi connectivity index (χ3v) is 6.62. The molecule has 0 atom stereocenters. The largest absolute Gasteiger partial charge is 0.377 e. The second kappa shape index (κ2) is 9.10. The molecule has 1 amide bonds. The van der Waals surface area contributed by atoms with Crippen LogP contribution in [0.3, 0.4) is 0 Å². The molecule has 1 saturated carbocycles. The molecule has 5 rings (SSSR count). The van der Waals surface area contributed by atoms with Crippen molar-refractivity contribution < 1.29 is 4.79 Å². The first-order valence-electron chi connectivity index (χ1n) is 11.7. The molecule has 1 heterocycles. The molecule has 3 aromatic carbocycles. The summed E-state index contributed by atoms with van der Waals surface area (Å²) in [6.45, 7) is 0. The van der Waals surface area contributed by atoms with Gasteiger partial charge in [-0.1, -0.05) is 54.6 Å². The van der Waals surface area contributed by atoms with Gasteiger partial charge < -0.3 is 15.5 Å². The fourth-order valence-corrected chi connectivity index (χ4v) is 4.88. The molecule has 5 heteroatoms. The standard InChI is InChI=1S/C28H30N4O/c1-32(2)26-18-27(31-25-13-6-5-11-24(25)26)29-20-14-16-21(17-15-20)30-28(33)23-12-7-9-19-8-3-4-10-22(19)23/h3-13,18,20-21H,14-17H2,1-2H3,(H,29,31)(H,30,33). The van der Waals surface area contributed by atoms with Gasteiger partial charge in [0.25, 0.3) is 5.91 Å². The van der Waals surface area contributed by atoms with Crippen LogP contribution in [0.5, 0.6) is 0 Å². The highest BCUT2D eigenvalue weighted by Crippen LogP contribution is 2.29. The van der Waals surface area contributed by atoms with Crippen LogP contribution in [0.15, 0.2) is 72.8 Å². The molecule has 1 aliphatic carbocycles. The van der Waals surface area contributed by atoms with E-state index in [2.05, 4.69) is 53.9 Å². The van der Waals surface area contributed by atoms with Crippen LogP contribution >= 0.6 is 0 Å². The van der Waals surface area contributed by atoms with Gasteiger partial charge in [0.2, 0.25) is 0 Å². The van der Waals surface area contributed by atoms with Gasteiger partial charge in [-0.25, -0.2) is 4.98 Å². The summed E-state index contributed by atoms with van der Waals surface area (Å²) in [4.78, 5) is 20.0. The van der Waals surface area contributed by atoms with Crippen LogP contribution < -0.4 is 15.5 Å². The summed E-state index contributed by atoms with van der Waals surface area (Å²) in [5.74, 6) is 0.940. The molecule has 0 unspecified atom stereocenters. The monoisotopic (exact) mass is 438 g/mol. The van der Waals surface area contributed by atoms with Gasteiger partial charge in [0.1, 0.15) is 5.82 Å². The predicted octanol–water partition coefficient (Wildman–Crippen LogP) is 5.61. The van der Waals surface area contributed by atoms with Crippen molar-refractivity contribution in [2.24, 2.45) is 0 Å². The zero-order valence-corrected chi connectivity index (χ0v) is 19.2. The minimum atomic E-state index is 0.0232. The number of aromatic nitrogens is 1. The minimum absolute atomic E-state index is 0.0232. The highest BCUT2D eigenvalue weighted by molar-refractivity contribution is 6.07. The minimum Gasteiger partial charge on any atom is -0.377 e. The summed E-state index contributed by atoms with van der Waals surface area (Å²) < 4.78 is 0. The fraction of sp³-hybridized carbons (Fsp3) is 0.286. The first-order chi connectivity index (χ1) is 16.1. The number of nitrogens with one attached hydrogen (secondary N) is 2. The zero-order chi connectivity index (χ0) is 22.8. The van der Waals surface area contributed by atoms with Crippen molar-refractivity contribution in [1.29, 1.82) is 0 Å². The second-order valence-electron chi connectivity index (χ2n) is 9.13. The predicted molar refractivity (Wildman–Crippen MR) is 137 cm³/mol. The molecule has 33 heavy (non-hydrogen) atoms. The molecule has 0 radical (unpaired) electrons. The van der Waals surface area contributed by atoms with Crippen molar-refractivity contribution in [2.75, 3.05) is 24.3 Å². The Labute approximate surface area is 194 Å². The molecular weight excluding hydrogens is 408 g/mol. The average molecular weight is 439 g/mol. The number of benzene rings is 3. The number of rotatable bonds is 5. The average Bonchev–Trinajstić information content (AvgIpc) is 2.84. The van der Waals surface area contributed by atoms with Crippen molar-refractivity contribution in [1.82, 2.24) is 10.3 Å². The topological polar surface area (TPSA) is 57.3 Å². The van der Waals surface area contributed by atoms with Crippen molar-refractivity contribution in [3.63, 3.8) is 0 Å². The van der Waals surface area contributed by atoms with Gasteiger partial charge in [0.15, 0.2) is 0 Å². The normalized spacial score (nSPS) is 18.2. The smallest absolute Gasteiger partial charge is 0.252 e. The Morgan fingerprint density at radius 2 is 1.52 bits per heavy atom. The van der Waals surface area contributed by atoms with Crippen LogP contribution in [0.25, 0.3) is 21.7 Å². The van der Waals surface area contributed by atoms with Crippen molar-refractivity contribution in [3.8, 4) is 0 Å². The lowest BCUT2D eigenvalue weighted by Gasteiger charge is -2.30. The SMILES string of the molecule is CN(C)c1cc(NC2CCC(NC(=O)c3cccc4ccccc34)CC2)nc2ccccc12. The van der Waals surface area contributed by atoms with Gasteiger partial charge in [-0.05, 0) is 48.6 Å². The quantitative estimate of drug-likeness (QED) is 0.425. The number of carbonyl (C=O) groups is 1. The van der Waals surface area contributed by atoms with E-state index in [0.29, 0.717) is 6.04 Å². The maximum absolute atomic E-state index is 13.0. The van der Waals surface area contributed by atoms with Crippen LogP contribution in [0.4, 0.5) is 11.5 Å². The Bertz CT molecular complexity index is 1290. The van der Waals surface area contributed by atoms with Gasteiger partial charge >= 0.3 is 0 Å². The molecule has 0 bridgehead atoms. The van der Waals surface area contributed by atoms with E-state index < -0.39 is 0 Å². The van der Waals surface area contributed by atoms with Crippen molar-refractivity contribution in [3.05, 3.63) is 78.4 Å². The number of carbonyl (C=O) groups excluding carboxylic acids is 1. The lowest BCUT2D eigenvalue weighted by molar-refractivity contribution is 0.0928. The fourth-order valence-electron chi connectivity index (χ4n) is 4.88. The van der Waals surface area contributed by atoms with Crippen molar-refractivity contribution in [2.45, 2.75) is 37.8 Å². The summed E-state index contributed by atoms with van der Waals surface area (Å²) in [7, 11) is 4.13. The van der Waals surface area contributed by atoms with Crippen LogP contribution in [0, 0.1) is 0 Å². The number of pyridine rings is 1. The molecular formula is C28H30N4O. The highest BCUT2D eigenvalue weighted by atomic mass is 16.1. The number of nitrogens with zero attached hydrogens (tertiary/aromatic N) is 2. The molecule has 5 nitrogen and oxygen atoms in total. The molecule has 168 valence electrons. The molecule has 0 spiro atoms. The Balaban J connectivity index is 1.23. The van der Waals surface area contributed by atoms with Gasteiger partial charge in [0, 0.05) is 48.9 Å². The zero-order valence-electron chi connectivity index (χ0n) is 19.2. The summed E-state index contributed by atoms with van der Waals surface area (Å²) in [6.07, 6.45) is 3.93. The Morgan fingerprint density at radius 1 is 0.848 bits per heavy atom. The van der Waals surface area contributed by atoms with Gasteiger partial charge in [0.05, 0.1) is 5.52 Å². The molecule has 0 aliphatic heterocycles.